The second kappa shape index (κ2) is 3.95. The van der Waals surface area contributed by atoms with E-state index >= 15 is 0 Å². The summed E-state index contributed by atoms with van der Waals surface area (Å²) in [7, 11) is 0. The highest BCUT2D eigenvalue weighted by atomic mass is 16.4. The van der Waals surface area contributed by atoms with Crippen molar-refractivity contribution in [2.45, 2.75) is 5.92 Å². The van der Waals surface area contributed by atoms with Gasteiger partial charge in [0.05, 0.1) is 5.56 Å². The third kappa shape index (κ3) is 1.61. The van der Waals surface area contributed by atoms with Gasteiger partial charge in [-0.25, -0.2) is 4.79 Å². The second-order valence-electron chi connectivity index (χ2n) is 4.45. The number of hydrogen-bond acceptors (Lipinski definition) is 2. The van der Waals surface area contributed by atoms with Gasteiger partial charge in [0.1, 0.15) is 5.92 Å². The monoisotopic (exact) mass is 254 g/mol. The Labute approximate surface area is 108 Å². The van der Waals surface area contributed by atoms with E-state index in [2.05, 4.69) is 0 Å². The van der Waals surface area contributed by atoms with Crippen molar-refractivity contribution in [3.05, 3.63) is 53.1 Å². The molecule has 2 aromatic rings. The largest absolute Gasteiger partial charge is 0.481 e. The molecular weight excluding hydrogens is 244 g/mol. The maximum absolute atomic E-state index is 11.3. The van der Waals surface area contributed by atoms with Gasteiger partial charge in [-0.05, 0) is 28.0 Å². The third-order valence-electron chi connectivity index (χ3n) is 3.40. The zero-order chi connectivity index (χ0) is 13.6. The van der Waals surface area contributed by atoms with E-state index in [0.717, 1.165) is 10.9 Å². The molecule has 0 radical (unpaired) electrons. The summed E-state index contributed by atoms with van der Waals surface area (Å²) >= 11 is 0. The fraction of sp³-hybridized carbons (Fsp3) is 0.0667. The number of carbonyl (C=O) groups is 2. The Morgan fingerprint density at radius 2 is 1.84 bits per heavy atom. The molecule has 3 rings (SSSR count). The molecule has 4 heteroatoms. The first kappa shape index (κ1) is 11.5. The van der Waals surface area contributed by atoms with E-state index in [-0.39, 0.29) is 5.56 Å². The number of benzene rings is 2. The number of carboxylic acids is 2. The molecule has 0 aliphatic heterocycles. The maximum atomic E-state index is 11.3. The Kier molecular flexibility index (Phi) is 2.38. The molecule has 0 spiro atoms. The summed E-state index contributed by atoms with van der Waals surface area (Å²) in [5.74, 6) is -2.67. The van der Waals surface area contributed by atoms with E-state index in [1.807, 2.05) is 6.07 Å². The first-order chi connectivity index (χ1) is 9.09. The molecule has 0 saturated carbocycles. The van der Waals surface area contributed by atoms with Crippen LogP contribution < -0.4 is 0 Å². The number of aromatic carboxylic acids is 1. The van der Waals surface area contributed by atoms with E-state index in [9.17, 15) is 19.8 Å². The zero-order valence-corrected chi connectivity index (χ0v) is 9.83. The lowest BCUT2D eigenvalue weighted by Gasteiger charge is -2.19. The number of hydrogen-bond donors (Lipinski definition) is 2. The van der Waals surface area contributed by atoms with Crippen LogP contribution in [0, 0.1) is 0 Å². The lowest BCUT2D eigenvalue weighted by atomic mass is 9.84. The molecule has 1 atom stereocenters. The van der Waals surface area contributed by atoms with Crippen molar-refractivity contribution in [3.63, 3.8) is 0 Å². The molecular formula is C15H10O4. The molecule has 0 amide bonds. The minimum atomic E-state index is -1.01. The number of aliphatic carboxylic acids is 1. The summed E-state index contributed by atoms with van der Waals surface area (Å²) in [5.41, 5.74) is 1.69. The first-order valence-electron chi connectivity index (χ1n) is 5.79. The molecule has 0 bridgehead atoms. The predicted octanol–water partition coefficient (Wildman–Crippen LogP) is 2.73. The minimum absolute atomic E-state index is 0.194. The van der Waals surface area contributed by atoms with Crippen molar-refractivity contribution < 1.29 is 19.8 Å². The van der Waals surface area contributed by atoms with Gasteiger partial charge in [0.15, 0.2) is 0 Å². The quantitative estimate of drug-likeness (QED) is 0.864. The summed E-state index contributed by atoms with van der Waals surface area (Å²) in [6.07, 6.45) is 3.36. The summed E-state index contributed by atoms with van der Waals surface area (Å²) in [6.45, 7) is 0. The Hall–Kier alpha value is -2.62. The highest BCUT2D eigenvalue weighted by molar-refractivity contribution is 6.09. The van der Waals surface area contributed by atoms with E-state index in [1.165, 1.54) is 6.07 Å². The lowest BCUT2D eigenvalue weighted by Crippen LogP contribution is -2.13. The van der Waals surface area contributed by atoms with Crippen LogP contribution in [-0.4, -0.2) is 22.2 Å². The lowest BCUT2D eigenvalue weighted by molar-refractivity contribution is -0.137. The van der Waals surface area contributed by atoms with Crippen molar-refractivity contribution in [2.75, 3.05) is 0 Å². The second-order valence-corrected chi connectivity index (χ2v) is 4.45. The fourth-order valence-electron chi connectivity index (χ4n) is 2.57. The van der Waals surface area contributed by atoms with Gasteiger partial charge >= 0.3 is 11.9 Å². The van der Waals surface area contributed by atoms with Crippen LogP contribution in [0.2, 0.25) is 0 Å². The van der Waals surface area contributed by atoms with Gasteiger partial charge < -0.3 is 10.2 Å². The summed E-state index contributed by atoms with van der Waals surface area (Å²) in [6, 6.07) is 8.41. The van der Waals surface area contributed by atoms with Crippen LogP contribution >= 0.6 is 0 Å². The van der Waals surface area contributed by atoms with Gasteiger partial charge in [0.2, 0.25) is 0 Å². The molecule has 19 heavy (non-hydrogen) atoms. The average molecular weight is 254 g/mol. The van der Waals surface area contributed by atoms with Crippen LogP contribution in [0.3, 0.4) is 0 Å². The first-order valence-corrected chi connectivity index (χ1v) is 5.79. The normalized spacial score (nSPS) is 16.5. The number of rotatable bonds is 2. The van der Waals surface area contributed by atoms with E-state index in [1.54, 1.807) is 30.4 Å². The molecule has 0 fully saturated rings. The Balaban J connectivity index is 2.42. The smallest absolute Gasteiger partial charge is 0.336 e. The highest BCUT2D eigenvalue weighted by Gasteiger charge is 2.25. The predicted molar refractivity (Wildman–Crippen MR) is 70.3 cm³/mol. The summed E-state index contributed by atoms with van der Waals surface area (Å²) in [4.78, 5) is 22.5. The van der Waals surface area contributed by atoms with Gasteiger partial charge in [0.25, 0.3) is 0 Å². The van der Waals surface area contributed by atoms with Gasteiger partial charge in [-0.15, -0.1) is 0 Å². The molecule has 1 aliphatic rings. The Morgan fingerprint density at radius 1 is 1.05 bits per heavy atom. The fourth-order valence-corrected chi connectivity index (χ4v) is 2.57. The van der Waals surface area contributed by atoms with Gasteiger partial charge in [0, 0.05) is 0 Å². The molecule has 1 unspecified atom stereocenters. The highest BCUT2D eigenvalue weighted by Crippen LogP contribution is 2.36. The van der Waals surface area contributed by atoms with Crippen molar-refractivity contribution in [1.29, 1.82) is 0 Å². The molecule has 2 aromatic carbocycles. The van der Waals surface area contributed by atoms with Crippen LogP contribution in [0.15, 0.2) is 36.4 Å². The third-order valence-corrected chi connectivity index (χ3v) is 3.40. The van der Waals surface area contributed by atoms with Crippen LogP contribution in [0.4, 0.5) is 0 Å². The van der Waals surface area contributed by atoms with E-state index in [4.69, 9.17) is 0 Å². The van der Waals surface area contributed by atoms with E-state index < -0.39 is 17.9 Å². The maximum Gasteiger partial charge on any atom is 0.336 e. The number of carboxylic acid groups (broad SMARTS) is 2. The molecule has 0 aromatic heterocycles. The van der Waals surface area contributed by atoms with Crippen molar-refractivity contribution in [3.8, 4) is 0 Å². The summed E-state index contributed by atoms with van der Waals surface area (Å²) in [5, 5.41) is 19.7. The van der Waals surface area contributed by atoms with E-state index in [0.29, 0.717) is 10.9 Å². The minimum Gasteiger partial charge on any atom is -0.481 e. The van der Waals surface area contributed by atoms with Crippen LogP contribution in [0.5, 0.6) is 0 Å². The molecule has 0 saturated heterocycles. The standard InChI is InChI=1S/C15H10O4/c16-14(17)11-5-4-8-2-1-3-9-12(15(18)19)7-6-10(11)13(8)9/h1-7,11H,(H,16,17)(H,18,19). The molecule has 0 heterocycles. The molecule has 1 aliphatic carbocycles. The van der Waals surface area contributed by atoms with Gasteiger partial charge in [-0.1, -0.05) is 36.4 Å². The molecule has 2 N–H and O–H groups in total. The molecule has 94 valence electrons. The Morgan fingerprint density at radius 3 is 2.53 bits per heavy atom. The zero-order valence-electron chi connectivity index (χ0n) is 9.83. The summed E-state index contributed by atoms with van der Waals surface area (Å²) < 4.78 is 0. The van der Waals surface area contributed by atoms with Crippen molar-refractivity contribution in [1.82, 2.24) is 0 Å². The van der Waals surface area contributed by atoms with Crippen LogP contribution in [0.25, 0.3) is 16.8 Å². The SMILES string of the molecule is O=C(O)c1ccc2c3c(cccc13)C=CC2C(=O)O. The topological polar surface area (TPSA) is 74.6 Å². The average Bonchev–Trinajstić information content (AvgIpc) is 2.39. The van der Waals surface area contributed by atoms with Crippen molar-refractivity contribution in [2.24, 2.45) is 0 Å². The van der Waals surface area contributed by atoms with Crippen LogP contribution in [0.1, 0.15) is 27.4 Å². The van der Waals surface area contributed by atoms with Crippen LogP contribution in [-0.2, 0) is 4.79 Å². The molecule has 4 nitrogen and oxygen atoms in total. The van der Waals surface area contributed by atoms with Gasteiger partial charge in [-0.3, -0.25) is 4.79 Å². The van der Waals surface area contributed by atoms with Gasteiger partial charge in [-0.2, -0.15) is 0 Å². The Bertz CT molecular complexity index is 743. The van der Waals surface area contributed by atoms with Crippen molar-refractivity contribution >= 4 is 28.8 Å².